The largest absolute Gasteiger partial charge is 0.348 e. The van der Waals surface area contributed by atoms with E-state index >= 15 is 0 Å². The van der Waals surface area contributed by atoms with Crippen LogP contribution in [0.2, 0.25) is 0 Å². The number of carbonyl (C=O) groups excluding carboxylic acids is 3. The predicted octanol–water partition coefficient (Wildman–Crippen LogP) is 2.51. The summed E-state index contributed by atoms with van der Waals surface area (Å²) in [5.41, 5.74) is 3.36. The molecule has 1 heterocycles. The predicted molar refractivity (Wildman–Crippen MR) is 115 cm³/mol. The van der Waals surface area contributed by atoms with Gasteiger partial charge in [0.15, 0.2) is 0 Å². The van der Waals surface area contributed by atoms with Crippen molar-refractivity contribution in [2.75, 3.05) is 19.6 Å². The number of amides is 4. The van der Waals surface area contributed by atoms with Gasteiger partial charge in [-0.2, -0.15) is 0 Å². The molecule has 2 aromatic carbocycles. The van der Waals surface area contributed by atoms with E-state index in [4.69, 9.17) is 0 Å². The Morgan fingerprint density at radius 3 is 2.27 bits per heavy atom. The first-order chi connectivity index (χ1) is 14.5. The van der Waals surface area contributed by atoms with Gasteiger partial charge in [0.2, 0.25) is 5.91 Å². The second-order valence-corrected chi connectivity index (χ2v) is 7.21. The van der Waals surface area contributed by atoms with Crippen molar-refractivity contribution < 1.29 is 14.4 Å². The van der Waals surface area contributed by atoms with Gasteiger partial charge in [-0.05, 0) is 35.8 Å². The third kappa shape index (κ3) is 5.04. The van der Waals surface area contributed by atoms with E-state index in [9.17, 15) is 14.4 Å². The van der Waals surface area contributed by atoms with Crippen molar-refractivity contribution >= 4 is 17.8 Å². The fourth-order valence-corrected chi connectivity index (χ4v) is 3.51. The van der Waals surface area contributed by atoms with Crippen LogP contribution in [-0.2, 0) is 24.4 Å². The highest BCUT2D eigenvalue weighted by Crippen LogP contribution is 2.16. The molecule has 1 saturated heterocycles. The fraction of sp³-hybridized carbons (Fsp3) is 0.348. The van der Waals surface area contributed by atoms with Gasteiger partial charge in [-0.3, -0.25) is 19.4 Å². The Kier molecular flexibility index (Phi) is 7.19. The number of imide groups is 1. The van der Waals surface area contributed by atoms with Gasteiger partial charge in [0.25, 0.3) is 5.91 Å². The molecule has 0 atom stereocenters. The van der Waals surface area contributed by atoms with E-state index in [2.05, 4.69) is 35.4 Å². The van der Waals surface area contributed by atoms with Crippen LogP contribution in [0.1, 0.15) is 40.9 Å². The molecular weight excluding hydrogens is 380 g/mol. The van der Waals surface area contributed by atoms with Crippen LogP contribution in [0.25, 0.3) is 0 Å². The first-order valence-electron chi connectivity index (χ1n) is 10.3. The minimum Gasteiger partial charge on any atom is -0.348 e. The van der Waals surface area contributed by atoms with Gasteiger partial charge in [0.1, 0.15) is 0 Å². The normalized spacial score (nSPS) is 13.6. The summed E-state index contributed by atoms with van der Waals surface area (Å²) in [6, 6.07) is 14.7. The average Bonchev–Trinajstić information content (AvgIpc) is 3.09. The Balaban J connectivity index is 1.71. The highest BCUT2D eigenvalue weighted by molar-refractivity contribution is 6.02. The summed E-state index contributed by atoms with van der Waals surface area (Å²) in [6.45, 7) is 7.52. The average molecular weight is 409 g/mol. The Bertz CT molecular complexity index is 908. The van der Waals surface area contributed by atoms with Crippen molar-refractivity contribution in [3.05, 3.63) is 70.8 Å². The molecule has 158 valence electrons. The molecule has 1 aliphatic rings. The molecule has 0 spiro atoms. The van der Waals surface area contributed by atoms with E-state index in [-0.39, 0.29) is 24.9 Å². The van der Waals surface area contributed by atoms with Crippen LogP contribution in [0.4, 0.5) is 4.79 Å². The van der Waals surface area contributed by atoms with E-state index in [0.717, 1.165) is 30.1 Å². The highest BCUT2D eigenvalue weighted by Gasteiger charge is 2.29. The van der Waals surface area contributed by atoms with Crippen LogP contribution < -0.4 is 10.6 Å². The molecule has 0 radical (unpaired) electrons. The van der Waals surface area contributed by atoms with E-state index < -0.39 is 6.03 Å². The van der Waals surface area contributed by atoms with Gasteiger partial charge in [-0.25, -0.2) is 4.79 Å². The summed E-state index contributed by atoms with van der Waals surface area (Å²) in [4.78, 5) is 40.1. The number of urea groups is 1. The SMILES string of the molecule is CCN(CC)Cc1ccccc1CNC(=O)c1ccccc1CN1C(=O)CNC1=O. The molecule has 0 bridgehead atoms. The third-order valence-electron chi connectivity index (χ3n) is 5.37. The van der Waals surface area contributed by atoms with Gasteiger partial charge in [0.05, 0.1) is 13.1 Å². The van der Waals surface area contributed by atoms with Crippen LogP contribution in [-0.4, -0.2) is 47.3 Å². The molecule has 4 amide bonds. The Hall–Kier alpha value is -3.19. The van der Waals surface area contributed by atoms with Crippen molar-refractivity contribution in [1.29, 1.82) is 0 Å². The molecule has 1 fully saturated rings. The van der Waals surface area contributed by atoms with Crippen molar-refractivity contribution in [2.45, 2.75) is 33.5 Å². The third-order valence-corrected chi connectivity index (χ3v) is 5.37. The Labute approximate surface area is 177 Å². The molecule has 0 aliphatic carbocycles. The van der Waals surface area contributed by atoms with Crippen LogP contribution >= 0.6 is 0 Å². The Morgan fingerprint density at radius 1 is 1.00 bits per heavy atom. The molecule has 30 heavy (non-hydrogen) atoms. The summed E-state index contributed by atoms with van der Waals surface area (Å²) in [5, 5.41) is 5.49. The summed E-state index contributed by atoms with van der Waals surface area (Å²) < 4.78 is 0. The number of nitrogens with one attached hydrogen (secondary N) is 2. The molecule has 2 aromatic rings. The van der Waals surface area contributed by atoms with Gasteiger partial charge in [0, 0.05) is 18.7 Å². The fourth-order valence-electron chi connectivity index (χ4n) is 3.51. The summed E-state index contributed by atoms with van der Waals surface area (Å²) in [6.07, 6.45) is 0. The van der Waals surface area contributed by atoms with Crippen LogP contribution in [0.3, 0.4) is 0 Å². The second kappa shape index (κ2) is 10.0. The molecule has 1 aliphatic heterocycles. The molecule has 2 N–H and O–H groups in total. The zero-order valence-electron chi connectivity index (χ0n) is 17.5. The monoisotopic (exact) mass is 408 g/mol. The maximum absolute atomic E-state index is 12.9. The minimum atomic E-state index is -0.430. The number of hydrogen-bond donors (Lipinski definition) is 2. The zero-order chi connectivity index (χ0) is 21.5. The minimum absolute atomic E-state index is 0.00345. The van der Waals surface area contributed by atoms with Crippen molar-refractivity contribution in [3.63, 3.8) is 0 Å². The molecule has 0 saturated carbocycles. The molecule has 7 heteroatoms. The smallest absolute Gasteiger partial charge is 0.324 e. The number of benzene rings is 2. The lowest BCUT2D eigenvalue weighted by atomic mass is 10.0. The lowest BCUT2D eigenvalue weighted by molar-refractivity contribution is -0.125. The van der Waals surface area contributed by atoms with E-state index in [0.29, 0.717) is 17.7 Å². The highest BCUT2D eigenvalue weighted by atomic mass is 16.2. The molecule has 0 aromatic heterocycles. The molecule has 7 nitrogen and oxygen atoms in total. The zero-order valence-corrected chi connectivity index (χ0v) is 17.5. The second-order valence-electron chi connectivity index (χ2n) is 7.21. The standard InChI is InChI=1S/C23H28N4O3/c1-3-26(4-2)15-18-10-6-5-9-17(18)13-24-22(29)20-12-8-7-11-19(20)16-27-21(28)14-25-23(27)30/h5-12H,3-4,13-16H2,1-2H3,(H,24,29)(H,25,30). The van der Waals surface area contributed by atoms with Crippen LogP contribution in [0.15, 0.2) is 48.5 Å². The lowest BCUT2D eigenvalue weighted by Crippen LogP contribution is -2.32. The summed E-state index contributed by atoms with van der Waals surface area (Å²) >= 11 is 0. The number of nitrogens with zero attached hydrogens (tertiary/aromatic N) is 2. The molecular formula is C23H28N4O3. The molecule has 3 rings (SSSR count). The van der Waals surface area contributed by atoms with Crippen molar-refractivity contribution in [2.24, 2.45) is 0 Å². The summed E-state index contributed by atoms with van der Waals surface area (Å²) in [7, 11) is 0. The quantitative estimate of drug-likeness (QED) is 0.625. The number of carbonyl (C=O) groups is 3. The first-order valence-corrected chi connectivity index (χ1v) is 10.3. The van der Waals surface area contributed by atoms with Crippen LogP contribution in [0, 0.1) is 0 Å². The van der Waals surface area contributed by atoms with E-state index in [1.807, 2.05) is 18.2 Å². The van der Waals surface area contributed by atoms with E-state index in [1.54, 1.807) is 24.3 Å². The topological polar surface area (TPSA) is 81.8 Å². The van der Waals surface area contributed by atoms with Crippen molar-refractivity contribution in [3.8, 4) is 0 Å². The van der Waals surface area contributed by atoms with Gasteiger partial charge in [-0.15, -0.1) is 0 Å². The number of hydrogen-bond acceptors (Lipinski definition) is 4. The maximum atomic E-state index is 12.9. The number of rotatable bonds is 9. The van der Waals surface area contributed by atoms with E-state index in [1.165, 1.54) is 5.56 Å². The van der Waals surface area contributed by atoms with Crippen molar-refractivity contribution in [1.82, 2.24) is 20.4 Å². The van der Waals surface area contributed by atoms with Gasteiger partial charge < -0.3 is 10.6 Å². The maximum Gasteiger partial charge on any atom is 0.324 e. The molecule has 0 unspecified atom stereocenters. The Morgan fingerprint density at radius 2 is 1.63 bits per heavy atom. The summed E-state index contributed by atoms with van der Waals surface area (Å²) in [5.74, 6) is -0.518. The van der Waals surface area contributed by atoms with Gasteiger partial charge >= 0.3 is 6.03 Å². The van der Waals surface area contributed by atoms with Crippen LogP contribution in [0.5, 0.6) is 0 Å². The lowest BCUT2D eigenvalue weighted by Gasteiger charge is -2.20. The first kappa shape index (κ1) is 21.5. The van der Waals surface area contributed by atoms with Gasteiger partial charge in [-0.1, -0.05) is 56.3 Å².